The van der Waals surface area contributed by atoms with Crippen molar-refractivity contribution in [3.63, 3.8) is 0 Å². The zero-order chi connectivity index (χ0) is 16.2. The van der Waals surface area contributed by atoms with E-state index in [9.17, 15) is 17.3 Å². The molecule has 0 atom stereocenters. The molecule has 0 aliphatic heterocycles. The van der Waals surface area contributed by atoms with Gasteiger partial charge in [-0.15, -0.1) is 0 Å². The minimum atomic E-state index is -6.00. The number of nitrogens with zero attached hydrogens (tertiary/aromatic N) is 1. The predicted octanol–water partition coefficient (Wildman–Crippen LogP) is 4.79. The summed E-state index contributed by atoms with van der Waals surface area (Å²) in [4.78, 5) is 0. The first-order valence-corrected chi connectivity index (χ1v) is 7.13. The number of hydrogen-bond donors (Lipinski definition) is 0. The summed E-state index contributed by atoms with van der Waals surface area (Å²) in [6.45, 7) is 0. The molecule has 0 aliphatic carbocycles. The molecule has 2 nitrogen and oxygen atoms in total. The van der Waals surface area contributed by atoms with Crippen LogP contribution in [0.15, 0.2) is 47.1 Å². The molecule has 116 valence electrons. The highest BCUT2D eigenvalue weighted by atomic mass is 32.1. The largest absolute Gasteiger partial charge is 0.673 e. The van der Waals surface area contributed by atoms with Crippen LogP contribution in [0.5, 0.6) is 0 Å². The predicted molar refractivity (Wildman–Crippen MR) is 80.8 cm³/mol. The van der Waals surface area contributed by atoms with Gasteiger partial charge < -0.3 is 21.7 Å². The van der Waals surface area contributed by atoms with Crippen molar-refractivity contribution < 1.29 is 26.2 Å². The number of benzene rings is 1. The lowest BCUT2D eigenvalue weighted by Crippen LogP contribution is -2.28. The van der Waals surface area contributed by atoms with Crippen LogP contribution in [0.3, 0.4) is 0 Å². The fourth-order valence-electron chi connectivity index (χ4n) is 1.81. The average molecular weight is 329 g/mol. The van der Waals surface area contributed by atoms with Gasteiger partial charge in [-0.05, 0) is 24.3 Å². The Bertz CT molecular complexity index is 759. The Kier molecular flexibility index (Phi) is 5.02. The summed E-state index contributed by atoms with van der Waals surface area (Å²) < 4.78 is 47.8. The van der Waals surface area contributed by atoms with Crippen LogP contribution in [-0.2, 0) is 7.05 Å². The minimum absolute atomic E-state index is 0.877. The van der Waals surface area contributed by atoms with Crippen LogP contribution in [0, 0.1) is 0 Å². The summed E-state index contributed by atoms with van der Waals surface area (Å²) >= 11 is 1.78. The Labute approximate surface area is 128 Å². The molecule has 0 saturated carbocycles. The van der Waals surface area contributed by atoms with Gasteiger partial charge in [0.2, 0.25) is 5.52 Å². The number of aryl methyl sites for hydroxylation is 1. The van der Waals surface area contributed by atoms with Gasteiger partial charge in [0.25, 0.3) is 5.01 Å². The fourth-order valence-corrected chi connectivity index (χ4v) is 2.86. The van der Waals surface area contributed by atoms with Gasteiger partial charge in [-0.3, -0.25) is 0 Å². The quantitative estimate of drug-likeness (QED) is 0.375. The van der Waals surface area contributed by atoms with Gasteiger partial charge in [0.1, 0.15) is 17.5 Å². The van der Waals surface area contributed by atoms with E-state index >= 15 is 0 Å². The van der Waals surface area contributed by atoms with Crippen molar-refractivity contribution in [1.29, 1.82) is 0 Å². The van der Waals surface area contributed by atoms with E-state index in [1.54, 1.807) is 17.6 Å². The topological polar surface area (TPSA) is 17.0 Å². The van der Waals surface area contributed by atoms with Gasteiger partial charge in [-0.25, -0.2) is 0 Å². The minimum Gasteiger partial charge on any atom is -0.465 e. The second kappa shape index (κ2) is 6.78. The smallest absolute Gasteiger partial charge is 0.465 e. The third-order valence-corrected chi connectivity index (χ3v) is 3.89. The van der Waals surface area contributed by atoms with Crippen LogP contribution in [0.2, 0.25) is 0 Å². The highest BCUT2D eigenvalue weighted by molar-refractivity contribution is 7.18. The van der Waals surface area contributed by atoms with Crippen molar-refractivity contribution in [3.05, 3.63) is 53.4 Å². The zero-order valence-electron chi connectivity index (χ0n) is 11.5. The summed E-state index contributed by atoms with van der Waals surface area (Å²) in [5, 5.41) is 1.21. The first-order chi connectivity index (χ1) is 10.3. The Morgan fingerprint density at radius 3 is 2.32 bits per heavy atom. The number of thiazole rings is 1. The van der Waals surface area contributed by atoms with E-state index in [0.29, 0.717) is 0 Å². The van der Waals surface area contributed by atoms with E-state index in [2.05, 4.69) is 42.0 Å². The lowest BCUT2D eigenvalue weighted by Gasteiger charge is -1.94. The molecule has 0 N–H and O–H groups in total. The van der Waals surface area contributed by atoms with E-state index in [0.717, 1.165) is 5.76 Å². The number of furan rings is 1. The fraction of sp³-hybridized carbons (Fsp3) is 0.0714. The molecular weight excluding hydrogens is 317 g/mol. The van der Waals surface area contributed by atoms with Crippen molar-refractivity contribution in [3.8, 4) is 0 Å². The van der Waals surface area contributed by atoms with Gasteiger partial charge in [-0.1, -0.05) is 23.5 Å². The molecule has 0 spiro atoms. The summed E-state index contributed by atoms with van der Waals surface area (Å²) in [5.74, 6) is 0.877. The van der Waals surface area contributed by atoms with Crippen molar-refractivity contribution in [2.45, 2.75) is 0 Å². The van der Waals surface area contributed by atoms with Crippen LogP contribution < -0.4 is 4.57 Å². The number of hydrogen-bond acceptors (Lipinski definition) is 2. The molecule has 22 heavy (non-hydrogen) atoms. The summed E-state index contributed by atoms with van der Waals surface area (Å²) in [7, 11) is -3.92. The molecule has 0 amide bonds. The third kappa shape index (κ3) is 4.73. The van der Waals surface area contributed by atoms with Gasteiger partial charge in [0.15, 0.2) is 0 Å². The maximum absolute atomic E-state index is 9.75. The standard InChI is InChI=1S/C14H12NOS.BF4/c1-15-12-6-2-3-7-13(12)17-14(15)9-8-11-5-4-10-16-11;2-1(3,4)5/h2-10H,1H3;/q+1;-1/b9-8+;. The highest BCUT2D eigenvalue weighted by Gasteiger charge is 2.20. The average Bonchev–Trinajstić information content (AvgIpc) is 3.04. The van der Waals surface area contributed by atoms with Crippen LogP contribution >= 0.6 is 11.3 Å². The number of aromatic nitrogens is 1. The molecule has 0 bridgehead atoms. The van der Waals surface area contributed by atoms with Gasteiger partial charge in [0.05, 0.1) is 6.26 Å². The van der Waals surface area contributed by atoms with Crippen LogP contribution in [0.25, 0.3) is 22.4 Å². The normalized spacial score (nSPS) is 11.7. The first-order valence-electron chi connectivity index (χ1n) is 6.31. The molecule has 1 aromatic carbocycles. The van der Waals surface area contributed by atoms with E-state index in [1.807, 2.05) is 18.2 Å². The van der Waals surface area contributed by atoms with E-state index in [4.69, 9.17) is 4.42 Å². The summed E-state index contributed by atoms with van der Waals surface area (Å²) in [6, 6.07) is 12.3. The Morgan fingerprint density at radius 2 is 1.73 bits per heavy atom. The molecule has 0 radical (unpaired) electrons. The molecule has 0 unspecified atom stereocenters. The Morgan fingerprint density at radius 1 is 1.05 bits per heavy atom. The second-order valence-corrected chi connectivity index (χ2v) is 5.37. The lowest BCUT2D eigenvalue weighted by atomic mass is 10.3. The molecular formula is C14H12BF4NOS. The molecule has 3 aromatic rings. The van der Waals surface area contributed by atoms with Crippen molar-refractivity contribution in [1.82, 2.24) is 0 Å². The molecule has 2 heterocycles. The van der Waals surface area contributed by atoms with E-state index in [-0.39, 0.29) is 0 Å². The molecule has 8 heteroatoms. The third-order valence-electron chi connectivity index (χ3n) is 2.71. The van der Waals surface area contributed by atoms with Crippen LogP contribution in [-0.4, -0.2) is 7.25 Å². The second-order valence-electron chi connectivity index (χ2n) is 4.31. The molecule has 3 rings (SSSR count). The monoisotopic (exact) mass is 329 g/mol. The van der Waals surface area contributed by atoms with Crippen molar-refractivity contribution in [2.24, 2.45) is 7.05 Å². The van der Waals surface area contributed by atoms with Crippen LogP contribution in [0.4, 0.5) is 17.3 Å². The van der Waals surface area contributed by atoms with Crippen LogP contribution in [0.1, 0.15) is 10.8 Å². The van der Waals surface area contributed by atoms with Crippen molar-refractivity contribution in [2.75, 3.05) is 0 Å². The molecule has 0 aliphatic rings. The zero-order valence-corrected chi connectivity index (χ0v) is 12.4. The number of halogens is 4. The molecule has 0 fully saturated rings. The Balaban J connectivity index is 0.000000309. The highest BCUT2D eigenvalue weighted by Crippen LogP contribution is 2.21. The number of fused-ring (bicyclic) bond motifs is 1. The summed E-state index contributed by atoms with van der Waals surface area (Å²) in [6.07, 6.45) is 5.76. The molecule has 2 aromatic heterocycles. The van der Waals surface area contributed by atoms with E-state index < -0.39 is 7.25 Å². The SMILES string of the molecule is C[n+]1c(/C=C/c2ccco2)sc2ccccc21.F[B-](F)(F)F. The van der Waals surface area contributed by atoms with Crippen molar-refractivity contribution >= 4 is 41.0 Å². The Hall–Kier alpha value is -2.09. The van der Waals surface area contributed by atoms with E-state index in [1.165, 1.54) is 15.2 Å². The maximum Gasteiger partial charge on any atom is 0.673 e. The van der Waals surface area contributed by atoms with Gasteiger partial charge >= 0.3 is 7.25 Å². The van der Waals surface area contributed by atoms with Gasteiger partial charge in [-0.2, -0.15) is 4.57 Å². The summed E-state index contributed by atoms with van der Waals surface area (Å²) in [5.41, 5.74) is 1.26. The lowest BCUT2D eigenvalue weighted by molar-refractivity contribution is -0.642. The van der Waals surface area contributed by atoms with Gasteiger partial charge in [0, 0.05) is 12.1 Å². The maximum atomic E-state index is 9.75. The molecule has 0 saturated heterocycles. The first kappa shape index (κ1) is 16.3. The number of para-hydroxylation sites is 1. The number of rotatable bonds is 2.